The number of benzene rings is 1. The van der Waals surface area contributed by atoms with Gasteiger partial charge in [-0.2, -0.15) is 13.2 Å². The highest BCUT2D eigenvalue weighted by Crippen LogP contribution is 2.43. The third kappa shape index (κ3) is 2.99. The molecule has 0 bridgehead atoms. The summed E-state index contributed by atoms with van der Waals surface area (Å²) >= 11 is 0. The molecule has 1 heterocycles. The largest absolute Gasteiger partial charge is 0.419 e. The Morgan fingerprint density at radius 3 is 2.55 bits per heavy atom. The number of hydrogen-bond acceptors (Lipinski definition) is 2. The van der Waals surface area contributed by atoms with Gasteiger partial charge in [0.15, 0.2) is 0 Å². The molecule has 22 heavy (non-hydrogen) atoms. The predicted octanol–water partition coefficient (Wildman–Crippen LogP) is 3.57. The van der Waals surface area contributed by atoms with Crippen LogP contribution in [0.4, 0.5) is 17.6 Å². The van der Waals surface area contributed by atoms with Crippen LogP contribution in [0.25, 0.3) is 0 Å². The molecule has 2 aliphatic rings. The monoisotopic (exact) mass is 316 g/mol. The van der Waals surface area contributed by atoms with Gasteiger partial charge < -0.3 is 10.6 Å². The van der Waals surface area contributed by atoms with Gasteiger partial charge in [-0.3, -0.25) is 0 Å². The summed E-state index contributed by atoms with van der Waals surface area (Å²) in [6, 6.07) is 3.77. The fourth-order valence-electron chi connectivity index (χ4n) is 3.39. The van der Waals surface area contributed by atoms with Crippen LogP contribution in [-0.2, 0) is 11.7 Å². The first kappa shape index (κ1) is 15.7. The Hall–Kier alpha value is -1.14. The van der Waals surface area contributed by atoms with Gasteiger partial charge in [0, 0.05) is 18.1 Å². The predicted molar refractivity (Wildman–Crippen MR) is 76.0 cm³/mol. The van der Waals surface area contributed by atoms with Crippen molar-refractivity contribution in [1.29, 1.82) is 0 Å². The van der Waals surface area contributed by atoms with Crippen LogP contribution >= 0.6 is 0 Å². The molecule has 0 amide bonds. The van der Waals surface area contributed by atoms with E-state index in [4.69, 9.17) is 0 Å². The molecule has 1 aliphatic heterocycles. The minimum absolute atomic E-state index is 0.375. The van der Waals surface area contributed by atoms with Gasteiger partial charge in [-0.25, -0.2) is 4.39 Å². The summed E-state index contributed by atoms with van der Waals surface area (Å²) in [7, 11) is 0. The van der Waals surface area contributed by atoms with Crippen molar-refractivity contribution in [2.45, 2.75) is 49.9 Å². The number of hydrogen-bond donors (Lipinski definition) is 2. The van der Waals surface area contributed by atoms with Crippen molar-refractivity contribution in [3.8, 4) is 0 Å². The number of alkyl halides is 3. The lowest BCUT2D eigenvalue weighted by Crippen LogP contribution is -2.51. The van der Waals surface area contributed by atoms with Crippen LogP contribution in [-0.4, -0.2) is 19.1 Å². The summed E-state index contributed by atoms with van der Waals surface area (Å²) in [6.07, 6.45) is 0.127. The highest BCUT2D eigenvalue weighted by Gasteiger charge is 2.41. The molecule has 0 aromatic heterocycles. The first-order chi connectivity index (χ1) is 10.4. The van der Waals surface area contributed by atoms with Crippen molar-refractivity contribution in [3.63, 3.8) is 0 Å². The Bertz CT molecular complexity index is 531. The molecule has 3 rings (SSSR count). The maximum atomic E-state index is 13.5. The molecule has 1 atom stereocenters. The highest BCUT2D eigenvalue weighted by atomic mass is 19.4. The van der Waals surface area contributed by atoms with Crippen LogP contribution in [0, 0.1) is 5.82 Å². The molecule has 0 unspecified atom stereocenters. The molecule has 0 spiro atoms. The van der Waals surface area contributed by atoms with E-state index >= 15 is 0 Å². The Morgan fingerprint density at radius 2 is 2.00 bits per heavy atom. The van der Waals surface area contributed by atoms with Crippen molar-refractivity contribution < 1.29 is 17.6 Å². The second-order valence-electron chi connectivity index (χ2n) is 6.30. The molecule has 2 N–H and O–H groups in total. The molecule has 1 aromatic rings. The van der Waals surface area contributed by atoms with E-state index in [0.29, 0.717) is 11.6 Å². The molecule has 1 aromatic carbocycles. The van der Waals surface area contributed by atoms with Crippen molar-refractivity contribution in [2.75, 3.05) is 13.1 Å². The topological polar surface area (TPSA) is 24.1 Å². The first-order valence-electron chi connectivity index (χ1n) is 7.76. The third-order valence-electron chi connectivity index (χ3n) is 4.88. The summed E-state index contributed by atoms with van der Waals surface area (Å²) in [5.74, 6) is -1.21. The molecule has 6 heteroatoms. The minimum atomic E-state index is -4.65. The molecule has 2 nitrogen and oxygen atoms in total. The minimum Gasteiger partial charge on any atom is -0.313 e. The SMILES string of the molecule is Fc1ccc(C2(NC[C@@H]3CCCN3)CCC2)cc1C(F)(F)F. The van der Waals surface area contributed by atoms with Crippen LogP contribution in [0.2, 0.25) is 0 Å². The molecule has 1 aliphatic carbocycles. The molecule has 2 fully saturated rings. The van der Waals surface area contributed by atoms with E-state index in [9.17, 15) is 17.6 Å². The van der Waals surface area contributed by atoms with Gasteiger partial charge in [0.25, 0.3) is 0 Å². The zero-order valence-corrected chi connectivity index (χ0v) is 12.3. The summed E-state index contributed by atoms with van der Waals surface area (Å²) in [6.45, 7) is 1.73. The standard InChI is InChI=1S/C16H20F4N2/c17-14-5-4-11(9-13(14)16(18,19)20)15(6-2-7-15)22-10-12-3-1-8-21-12/h4-5,9,12,21-22H,1-3,6-8,10H2/t12-/m0/s1. The van der Waals surface area contributed by atoms with Crippen LogP contribution in [0.15, 0.2) is 18.2 Å². The summed E-state index contributed by atoms with van der Waals surface area (Å²) < 4.78 is 52.2. The highest BCUT2D eigenvalue weighted by molar-refractivity contribution is 5.34. The van der Waals surface area contributed by atoms with E-state index in [2.05, 4.69) is 10.6 Å². The van der Waals surface area contributed by atoms with Crippen molar-refractivity contribution in [1.82, 2.24) is 10.6 Å². The Morgan fingerprint density at radius 1 is 1.23 bits per heavy atom. The average Bonchev–Trinajstić information content (AvgIpc) is 2.91. The van der Waals surface area contributed by atoms with E-state index in [1.165, 1.54) is 6.07 Å². The second kappa shape index (κ2) is 5.81. The average molecular weight is 316 g/mol. The fourth-order valence-corrected chi connectivity index (χ4v) is 3.39. The quantitative estimate of drug-likeness (QED) is 0.830. The smallest absolute Gasteiger partial charge is 0.313 e. The zero-order valence-electron chi connectivity index (χ0n) is 12.3. The van der Waals surface area contributed by atoms with E-state index < -0.39 is 23.1 Å². The zero-order chi connectivity index (χ0) is 15.8. The van der Waals surface area contributed by atoms with E-state index in [1.807, 2.05) is 0 Å². The number of halogens is 4. The van der Waals surface area contributed by atoms with Gasteiger partial charge in [0.05, 0.1) is 5.56 Å². The van der Waals surface area contributed by atoms with Gasteiger partial charge in [-0.15, -0.1) is 0 Å². The second-order valence-corrected chi connectivity index (χ2v) is 6.30. The number of nitrogens with one attached hydrogen (secondary N) is 2. The van der Waals surface area contributed by atoms with Gasteiger partial charge in [0.2, 0.25) is 0 Å². The van der Waals surface area contributed by atoms with Crippen molar-refractivity contribution in [3.05, 3.63) is 35.1 Å². The van der Waals surface area contributed by atoms with Crippen LogP contribution in [0.5, 0.6) is 0 Å². The van der Waals surface area contributed by atoms with Crippen LogP contribution in [0.3, 0.4) is 0 Å². The lowest BCUT2D eigenvalue weighted by molar-refractivity contribution is -0.140. The van der Waals surface area contributed by atoms with Crippen LogP contribution < -0.4 is 10.6 Å². The lowest BCUT2D eigenvalue weighted by atomic mass is 9.71. The van der Waals surface area contributed by atoms with Crippen molar-refractivity contribution >= 4 is 0 Å². The molecule has 122 valence electrons. The molecular weight excluding hydrogens is 296 g/mol. The van der Waals surface area contributed by atoms with Gasteiger partial charge in [0.1, 0.15) is 5.82 Å². The fraction of sp³-hybridized carbons (Fsp3) is 0.625. The molecule has 1 saturated carbocycles. The molecule has 1 saturated heterocycles. The van der Waals surface area contributed by atoms with Gasteiger partial charge >= 0.3 is 6.18 Å². The normalized spacial score (nSPS) is 24.3. The van der Waals surface area contributed by atoms with Gasteiger partial charge in [-0.1, -0.05) is 6.07 Å². The maximum absolute atomic E-state index is 13.5. The Labute approximate surface area is 127 Å². The molecular formula is C16H20F4N2. The summed E-state index contributed by atoms with van der Waals surface area (Å²) in [4.78, 5) is 0. The Kier molecular flexibility index (Phi) is 4.16. The summed E-state index contributed by atoms with van der Waals surface area (Å²) in [5.41, 5.74) is -1.06. The van der Waals surface area contributed by atoms with Crippen molar-refractivity contribution in [2.24, 2.45) is 0 Å². The maximum Gasteiger partial charge on any atom is 0.419 e. The third-order valence-corrected chi connectivity index (χ3v) is 4.88. The summed E-state index contributed by atoms with van der Waals surface area (Å²) in [5, 5.41) is 6.81. The van der Waals surface area contributed by atoms with Crippen LogP contribution in [0.1, 0.15) is 43.2 Å². The lowest BCUT2D eigenvalue weighted by Gasteiger charge is -2.44. The first-order valence-corrected chi connectivity index (χ1v) is 7.76. The van der Waals surface area contributed by atoms with Gasteiger partial charge in [-0.05, 0) is 56.3 Å². The number of rotatable bonds is 4. The van der Waals surface area contributed by atoms with E-state index in [0.717, 1.165) is 57.3 Å². The molecule has 0 radical (unpaired) electrons. The Balaban J connectivity index is 1.80. The van der Waals surface area contributed by atoms with E-state index in [1.54, 1.807) is 0 Å². The van der Waals surface area contributed by atoms with E-state index in [-0.39, 0.29) is 0 Å².